The molecule has 0 saturated heterocycles. The summed E-state index contributed by atoms with van der Waals surface area (Å²) in [5.74, 6) is -0.675. The largest absolute Gasteiger partial charge is 0.361 e. The number of hydrazone groups is 1. The Morgan fingerprint density at radius 3 is 2.58 bits per heavy atom. The van der Waals surface area contributed by atoms with Gasteiger partial charge in [-0.2, -0.15) is 8.42 Å². The number of nitrogens with zero attached hydrogens (tertiary/aromatic N) is 5. The van der Waals surface area contributed by atoms with Crippen LogP contribution in [0.25, 0.3) is 0 Å². The van der Waals surface area contributed by atoms with Gasteiger partial charge in [-0.15, -0.1) is 5.10 Å². The zero-order chi connectivity index (χ0) is 28.4. The smallest absolute Gasteiger partial charge is 0.340 e. The molecule has 0 spiro atoms. The summed E-state index contributed by atoms with van der Waals surface area (Å²) in [6.07, 6.45) is 5.95. The van der Waals surface area contributed by atoms with Gasteiger partial charge in [-0.05, 0) is 61.2 Å². The van der Waals surface area contributed by atoms with E-state index in [2.05, 4.69) is 36.5 Å². The fourth-order valence-corrected chi connectivity index (χ4v) is 5.74. The van der Waals surface area contributed by atoms with Crippen molar-refractivity contribution in [3.8, 4) is 0 Å². The summed E-state index contributed by atoms with van der Waals surface area (Å²) < 4.78 is 32.1. The van der Waals surface area contributed by atoms with Gasteiger partial charge in [-0.1, -0.05) is 23.2 Å². The minimum Gasteiger partial charge on any atom is -0.361 e. The van der Waals surface area contributed by atoms with Crippen LogP contribution in [0.1, 0.15) is 29.6 Å². The molecule has 2 amide bonds. The lowest BCUT2D eigenvalue weighted by Crippen LogP contribution is -2.42. The monoisotopic (exact) mass is 666 g/mol. The molecular weight excluding hydrogens is 647 g/mol. The molecule has 1 unspecified atom stereocenters. The van der Waals surface area contributed by atoms with E-state index in [0.29, 0.717) is 17.5 Å². The molecule has 1 aliphatic heterocycles. The Labute approximate surface area is 248 Å². The average Bonchev–Trinajstić information content (AvgIpc) is 3.70. The molecule has 2 aliphatic rings. The molecule has 1 atom stereocenters. The predicted molar refractivity (Wildman–Crippen MR) is 153 cm³/mol. The molecule has 1 fully saturated rings. The SMILES string of the molecule is O=C(NCC1CC1)c1cc(Cl)ccc1N(Br)C(=O)C1CC(OS(=O)(=O)c2ccncc2)=NN1c1ncccc1Cl. The van der Waals surface area contributed by atoms with Crippen LogP contribution < -0.4 is 14.3 Å². The van der Waals surface area contributed by atoms with E-state index in [4.69, 9.17) is 27.4 Å². The quantitative estimate of drug-likeness (QED) is 0.273. The van der Waals surface area contributed by atoms with Crippen molar-refractivity contribution in [2.24, 2.45) is 11.0 Å². The van der Waals surface area contributed by atoms with Crippen molar-refractivity contribution < 1.29 is 22.2 Å². The summed E-state index contributed by atoms with van der Waals surface area (Å²) in [7, 11) is -4.27. The first kappa shape index (κ1) is 28.3. The van der Waals surface area contributed by atoms with E-state index in [1.807, 2.05) is 0 Å². The second-order valence-electron chi connectivity index (χ2n) is 9.02. The summed E-state index contributed by atoms with van der Waals surface area (Å²) in [4.78, 5) is 34.8. The van der Waals surface area contributed by atoms with Gasteiger partial charge in [0.15, 0.2) is 5.82 Å². The standard InChI is InChI=1S/C25H21BrCl2N6O5S/c26-33(20-6-5-16(27)12-18(20)24(35)31-14-15-3-4-15)25(36)21-13-22(32-34(21)23-19(28)2-1-9-30-23)39-40(37,38)17-7-10-29-11-8-17/h1-2,5-12,15,21H,3-4,13-14H2,(H,31,35). The van der Waals surface area contributed by atoms with E-state index in [1.165, 1.54) is 47.9 Å². The molecule has 1 N–H and O–H groups in total. The normalized spacial score (nSPS) is 16.8. The second kappa shape index (κ2) is 11.7. The third kappa shape index (κ3) is 6.22. The van der Waals surface area contributed by atoms with Crippen LogP contribution >= 0.6 is 39.3 Å². The third-order valence-corrected chi connectivity index (χ3v) is 8.65. The molecule has 11 nitrogen and oxygen atoms in total. The lowest BCUT2D eigenvalue weighted by Gasteiger charge is -2.26. The van der Waals surface area contributed by atoms with Gasteiger partial charge in [0.25, 0.3) is 11.8 Å². The molecule has 208 valence electrons. The first-order chi connectivity index (χ1) is 19.1. The second-order valence-corrected chi connectivity index (χ2v) is 12.1. The zero-order valence-corrected chi connectivity index (χ0v) is 24.5. The molecule has 3 aromatic rings. The van der Waals surface area contributed by atoms with Gasteiger partial charge >= 0.3 is 10.1 Å². The van der Waals surface area contributed by atoms with Crippen LogP contribution in [-0.4, -0.2) is 48.7 Å². The van der Waals surface area contributed by atoms with Gasteiger partial charge in [-0.3, -0.25) is 14.6 Å². The van der Waals surface area contributed by atoms with Gasteiger partial charge in [0.2, 0.25) is 5.90 Å². The molecule has 0 radical (unpaired) electrons. The number of hydrogen-bond acceptors (Lipinski definition) is 9. The lowest BCUT2D eigenvalue weighted by molar-refractivity contribution is -0.118. The molecule has 0 bridgehead atoms. The first-order valence-corrected chi connectivity index (χ1v) is 14.9. The van der Waals surface area contributed by atoms with Crippen LogP contribution in [-0.2, 0) is 19.1 Å². The van der Waals surface area contributed by atoms with E-state index in [9.17, 15) is 18.0 Å². The summed E-state index contributed by atoms with van der Waals surface area (Å²) in [6.45, 7) is 0.524. The number of carbonyl (C=O) groups is 2. The molecular formula is C25H21BrCl2N6O5S. The molecule has 40 heavy (non-hydrogen) atoms. The fraction of sp³-hybridized carbons (Fsp3) is 0.240. The van der Waals surface area contributed by atoms with Gasteiger partial charge in [-0.25, -0.2) is 13.9 Å². The van der Waals surface area contributed by atoms with Crippen molar-refractivity contribution in [1.29, 1.82) is 0 Å². The number of amides is 2. The molecule has 2 aromatic heterocycles. The number of rotatable bonds is 8. The van der Waals surface area contributed by atoms with Crippen LogP contribution in [0.3, 0.4) is 0 Å². The highest BCUT2D eigenvalue weighted by Gasteiger charge is 2.41. The van der Waals surface area contributed by atoms with Crippen molar-refractivity contribution in [2.45, 2.75) is 30.2 Å². The number of halogens is 3. The molecule has 5 rings (SSSR count). The van der Waals surface area contributed by atoms with Gasteiger partial charge in [0.1, 0.15) is 10.9 Å². The third-order valence-electron chi connectivity index (χ3n) is 6.12. The number of carbonyl (C=O) groups excluding carboxylic acids is 2. The predicted octanol–water partition coefficient (Wildman–Crippen LogP) is 4.56. The molecule has 15 heteroatoms. The number of benzene rings is 1. The summed E-state index contributed by atoms with van der Waals surface area (Å²) in [5, 5.41) is 8.81. The van der Waals surface area contributed by atoms with Crippen molar-refractivity contribution >= 4 is 78.7 Å². The van der Waals surface area contributed by atoms with Crippen LogP contribution in [0.5, 0.6) is 0 Å². The maximum absolute atomic E-state index is 13.9. The van der Waals surface area contributed by atoms with Crippen LogP contribution in [0.15, 0.2) is 71.1 Å². The number of nitrogens with one attached hydrogen (secondary N) is 1. The van der Waals surface area contributed by atoms with E-state index in [1.54, 1.807) is 18.2 Å². The van der Waals surface area contributed by atoms with Crippen LogP contribution in [0.2, 0.25) is 10.0 Å². The molecule has 3 heterocycles. The molecule has 1 aliphatic carbocycles. The maximum atomic E-state index is 13.9. The van der Waals surface area contributed by atoms with E-state index in [-0.39, 0.29) is 45.2 Å². The Bertz CT molecular complexity index is 1590. The minimum absolute atomic E-state index is 0.113. The van der Waals surface area contributed by atoms with Crippen molar-refractivity contribution in [2.75, 3.05) is 15.5 Å². The Balaban J connectivity index is 1.44. The Kier molecular flexibility index (Phi) is 8.26. The Morgan fingerprint density at radius 1 is 1.12 bits per heavy atom. The summed E-state index contributed by atoms with van der Waals surface area (Å²) >= 11 is 15.8. The summed E-state index contributed by atoms with van der Waals surface area (Å²) in [6, 6.07) is 9.12. The van der Waals surface area contributed by atoms with Gasteiger partial charge in [0.05, 0.1) is 38.8 Å². The fourth-order valence-electron chi connectivity index (χ4n) is 3.91. The number of hydrogen-bond donors (Lipinski definition) is 1. The maximum Gasteiger partial charge on any atom is 0.340 e. The van der Waals surface area contributed by atoms with Crippen molar-refractivity contribution in [3.63, 3.8) is 0 Å². The van der Waals surface area contributed by atoms with Crippen molar-refractivity contribution in [1.82, 2.24) is 15.3 Å². The van der Waals surface area contributed by atoms with Crippen molar-refractivity contribution in [3.05, 3.63) is 76.7 Å². The van der Waals surface area contributed by atoms with Crippen LogP contribution in [0, 0.1) is 5.92 Å². The summed E-state index contributed by atoms with van der Waals surface area (Å²) in [5.41, 5.74) is 0.407. The number of pyridine rings is 2. The Hall–Kier alpha value is -3.26. The zero-order valence-electron chi connectivity index (χ0n) is 20.6. The van der Waals surface area contributed by atoms with E-state index in [0.717, 1.165) is 16.8 Å². The van der Waals surface area contributed by atoms with E-state index < -0.39 is 22.1 Å². The molecule has 1 saturated carbocycles. The highest BCUT2D eigenvalue weighted by molar-refractivity contribution is 9.10. The molecule has 1 aromatic carbocycles. The lowest BCUT2D eigenvalue weighted by atomic mass is 10.1. The highest BCUT2D eigenvalue weighted by Crippen LogP contribution is 2.34. The first-order valence-electron chi connectivity index (χ1n) is 12.0. The minimum atomic E-state index is -4.27. The average molecular weight is 668 g/mol. The van der Waals surface area contributed by atoms with Gasteiger partial charge in [0, 0.05) is 30.2 Å². The van der Waals surface area contributed by atoms with Gasteiger partial charge < -0.3 is 9.50 Å². The Morgan fingerprint density at radius 2 is 1.88 bits per heavy atom. The van der Waals surface area contributed by atoms with E-state index >= 15 is 0 Å². The topological polar surface area (TPSA) is 134 Å². The highest BCUT2D eigenvalue weighted by atomic mass is 79.9. The number of aromatic nitrogens is 2. The number of anilines is 2. The van der Waals surface area contributed by atoms with Crippen LogP contribution in [0.4, 0.5) is 11.5 Å².